The average Bonchev–Trinajstić information content (AvgIpc) is 2.52. The molecule has 1 aliphatic rings. The Kier molecular flexibility index (Phi) is 5.38. The highest BCUT2D eigenvalue weighted by Crippen LogP contribution is 2.19. The quantitative estimate of drug-likeness (QED) is 0.872. The van der Waals surface area contributed by atoms with Gasteiger partial charge in [0.15, 0.2) is 0 Å². The van der Waals surface area contributed by atoms with Crippen LogP contribution in [0.15, 0.2) is 30.3 Å². The molecule has 1 saturated heterocycles. The van der Waals surface area contributed by atoms with Crippen LogP contribution >= 0.6 is 0 Å². The van der Waals surface area contributed by atoms with Gasteiger partial charge < -0.3 is 20.7 Å². The van der Waals surface area contributed by atoms with Gasteiger partial charge in [-0.15, -0.1) is 0 Å². The summed E-state index contributed by atoms with van der Waals surface area (Å²) in [5.74, 6) is 0. The van der Waals surface area contributed by atoms with E-state index in [1.165, 1.54) is 0 Å². The van der Waals surface area contributed by atoms with Gasteiger partial charge in [-0.2, -0.15) is 0 Å². The number of hydrogen-bond acceptors (Lipinski definition) is 3. The summed E-state index contributed by atoms with van der Waals surface area (Å²) >= 11 is 0. The normalized spacial score (nSPS) is 22.6. The molecule has 3 N–H and O–H groups in total. The molecular weight excluding hydrogens is 254 g/mol. The van der Waals surface area contributed by atoms with Crippen molar-refractivity contribution in [1.29, 1.82) is 0 Å². The third-order valence-electron chi connectivity index (χ3n) is 3.82. The molecule has 5 nitrogen and oxygen atoms in total. The van der Waals surface area contributed by atoms with Crippen LogP contribution in [0.2, 0.25) is 0 Å². The molecule has 1 aromatic carbocycles. The molecule has 0 spiro atoms. The van der Waals surface area contributed by atoms with E-state index in [0.717, 1.165) is 18.4 Å². The fraction of sp³-hybridized carbons (Fsp3) is 0.533. The molecule has 0 aliphatic carbocycles. The van der Waals surface area contributed by atoms with Crippen LogP contribution in [-0.2, 0) is 11.3 Å². The van der Waals surface area contributed by atoms with Gasteiger partial charge >= 0.3 is 6.03 Å². The standard InChI is InChI=1S/C15H23N3O2/c1-20-14-7-8-18(13(9-14)10-16)15(19)17-11-12-5-3-2-4-6-12/h2-6,13-14H,7-11,16H2,1H3,(H,17,19). The second-order valence-corrected chi connectivity index (χ2v) is 5.11. The molecule has 2 amide bonds. The molecule has 1 fully saturated rings. The largest absolute Gasteiger partial charge is 0.381 e. The number of rotatable bonds is 4. The molecule has 1 aliphatic heterocycles. The fourth-order valence-corrected chi connectivity index (χ4v) is 2.59. The van der Waals surface area contributed by atoms with E-state index in [4.69, 9.17) is 10.5 Å². The summed E-state index contributed by atoms with van der Waals surface area (Å²) in [6.45, 7) is 1.71. The molecule has 2 rings (SSSR count). The van der Waals surface area contributed by atoms with Gasteiger partial charge in [0.05, 0.1) is 6.10 Å². The van der Waals surface area contributed by atoms with Gasteiger partial charge in [-0.1, -0.05) is 30.3 Å². The second-order valence-electron chi connectivity index (χ2n) is 5.11. The third kappa shape index (κ3) is 3.71. The lowest BCUT2D eigenvalue weighted by Gasteiger charge is -2.38. The minimum Gasteiger partial charge on any atom is -0.381 e. The minimum atomic E-state index is -0.0427. The van der Waals surface area contributed by atoms with Crippen molar-refractivity contribution < 1.29 is 9.53 Å². The summed E-state index contributed by atoms with van der Waals surface area (Å²) in [7, 11) is 1.71. The van der Waals surface area contributed by atoms with Crippen molar-refractivity contribution in [1.82, 2.24) is 10.2 Å². The van der Waals surface area contributed by atoms with Crippen molar-refractivity contribution >= 4 is 6.03 Å². The van der Waals surface area contributed by atoms with E-state index >= 15 is 0 Å². The van der Waals surface area contributed by atoms with Gasteiger partial charge in [-0.3, -0.25) is 0 Å². The highest BCUT2D eigenvalue weighted by atomic mass is 16.5. The van der Waals surface area contributed by atoms with Crippen LogP contribution in [0.1, 0.15) is 18.4 Å². The number of nitrogens with two attached hydrogens (primary N) is 1. The maximum atomic E-state index is 12.3. The molecule has 2 atom stereocenters. The van der Waals surface area contributed by atoms with Crippen molar-refractivity contribution in [3.8, 4) is 0 Å². The highest BCUT2D eigenvalue weighted by molar-refractivity contribution is 5.74. The Hall–Kier alpha value is -1.59. The van der Waals surface area contributed by atoms with Gasteiger partial charge in [0.1, 0.15) is 0 Å². The Morgan fingerprint density at radius 1 is 1.45 bits per heavy atom. The molecule has 0 bridgehead atoms. The number of urea groups is 1. The molecule has 110 valence electrons. The number of carbonyl (C=O) groups excluding carboxylic acids is 1. The topological polar surface area (TPSA) is 67.6 Å². The Balaban J connectivity index is 1.88. The summed E-state index contributed by atoms with van der Waals surface area (Å²) in [5, 5.41) is 2.96. The lowest BCUT2D eigenvalue weighted by molar-refractivity contribution is 0.0269. The van der Waals surface area contributed by atoms with Crippen LogP contribution in [0.4, 0.5) is 4.79 Å². The van der Waals surface area contributed by atoms with E-state index in [0.29, 0.717) is 19.6 Å². The Bertz CT molecular complexity index is 424. The maximum absolute atomic E-state index is 12.3. The van der Waals surface area contributed by atoms with E-state index in [-0.39, 0.29) is 18.2 Å². The van der Waals surface area contributed by atoms with Crippen molar-refractivity contribution in [2.45, 2.75) is 31.5 Å². The highest BCUT2D eigenvalue weighted by Gasteiger charge is 2.30. The predicted octanol–water partition coefficient (Wildman–Crippen LogP) is 1.33. The third-order valence-corrected chi connectivity index (χ3v) is 3.82. The molecule has 1 aromatic rings. The van der Waals surface area contributed by atoms with Crippen LogP contribution in [0.25, 0.3) is 0 Å². The van der Waals surface area contributed by atoms with Crippen molar-refractivity contribution in [2.75, 3.05) is 20.2 Å². The number of hydrogen-bond donors (Lipinski definition) is 2. The van der Waals surface area contributed by atoms with Gasteiger partial charge in [-0.25, -0.2) is 4.79 Å². The van der Waals surface area contributed by atoms with Gasteiger partial charge in [0.2, 0.25) is 0 Å². The average molecular weight is 277 g/mol. The number of likely N-dealkylation sites (tertiary alicyclic amines) is 1. The first-order chi connectivity index (χ1) is 9.74. The van der Waals surface area contributed by atoms with E-state index in [9.17, 15) is 4.79 Å². The second kappa shape index (κ2) is 7.26. The number of nitrogens with zero attached hydrogens (tertiary/aromatic N) is 1. The fourth-order valence-electron chi connectivity index (χ4n) is 2.59. The maximum Gasteiger partial charge on any atom is 0.317 e. The molecule has 1 heterocycles. The summed E-state index contributed by atoms with van der Waals surface area (Å²) < 4.78 is 5.37. The van der Waals surface area contributed by atoms with Crippen LogP contribution in [0.3, 0.4) is 0 Å². The number of carbonyl (C=O) groups is 1. The first kappa shape index (κ1) is 14.8. The first-order valence-corrected chi connectivity index (χ1v) is 7.06. The number of methoxy groups -OCH3 is 1. The molecule has 0 aromatic heterocycles. The van der Waals surface area contributed by atoms with E-state index in [1.807, 2.05) is 35.2 Å². The van der Waals surface area contributed by atoms with Gasteiger partial charge in [0.25, 0.3) is 0 Å². The number of ether oxygens (including phenoxy) is 1. The zero-order chi connectivity index (χ0) is 14.4. The van der Waals surface area contributed by atoms with E-state index < -0.39 is 0 Å². The van der Waals surface area contributed by atoms with Crippen LogP contribution < -0.4 is 11.1 Å². The number of piperidine rings is 1. The van der Waals surface area contributed by atoms with Crippen LogP contribution in [0.5, 0.6) is 0 Å². The van der Waals surface area contributed by atoms with Crippen LogP contribution in [0, 0.1) is 0 Å². The lowest BCUT2D eigenvalue weighted by atomic mass is 10.00. The van der Waals surface area contributed by atoms with Gasteiger partial charge in [-0.05, 0) is 18.4 Å². The summed E-state index contributed by atoms with van der Waals surface area (Å²) in [5.41, 5.74) is 6.87. The predicted molar refractivity (Wildman–Crippen MR) is 78.3 cm³/mol. The van der Waals surface area contributed by atoms with Gasteiger partial charge in [0, 0.05) is 32.8 Å². The minimum absolute atomic E-state index is 0.0427. The van der Waals surface area contributed by atoms with Crippen molar-refractivity contribution in [3.63, 3.8) is 0 Å². The summed E-state index contributed by atoms with van der Waals surface area (Å²) in [4.78, 5) is 14.1. The summed E-state index contributed by atoms with van der Waals surface area (Å²) in [6.07, 6.45) is 1.89. The van der Waals surface area contributed by atoms with Crippen molar-refractivity contribution in [3.05, 3.63) is 35.9 Å². The van der Waals surface area contributed by atoms with Crippen LogP contribution in [-0.4, -0.2) is 43.3 Å². The monoisotopic (exact) mass is 277 g/mol. The summed E-state index contributed by atoms with van der Waals surface area (Å²) in [6, 6.07) is 9.91. The number of amides is 2. The first-order valence-electron chi connectivity index (χ1n) is 7.06. The zero-order valence-electron chi connectivity index (χ0n) is 11.9. The molecule has 0 radical (unpaired) electrons. The Morgan fingerprint density at radius 2 is 2.20 bits per heavy atom. The molecule has 20 heavy (non-hydrogen) atoms. The smallest absolute Gasteiger partial charge is 0.317 e. The molecular formula is C15H23N3O2. The van der Waals surface area contributed by atoms with E-state index in [2.05, 4.69) is 5.32 Å². The number of nitrogens with one attached hydrogen (secondary N) is 1. The SMILES string of the molecule is COC1CCN(C(=O)NCc2ccccc2)C(CN)C1. The Labute approximate surface area is 120 Å². The van der Waals surface area contributed by atoms with E-state index in [1.54, 1.807) is 7.11 Å². The molecule has 5 heteroatoms. The number of benzene rings is 1. The molecule has 2 unspecified atom stereocenters. The zero-order valence-corrected chi connectivity index (χ0v) is 11.9. The lowest BCUT2D eigenvalue weighted by Crippen LogP contribution is -2.54. The molecule has 0 saturated carbocycles. The van der Waals surface area contributed by atoms with Crippen molar-refractivity contribution in [2.24, 2.45) is 5.73 Å². The Morgan fingerprint density at radius 3 is 2.85 bits per heavy atom.